The van der Waals surface area contributed by atoms with Crippen LogP contribution in [0.5, 0.6) is 0 Å². The molecule has 3 rings (SSSR count). The van der Waals surface area contributed by atoms with Gasteiger partial charge < -0.3 is 0 Å². The van der Waals surface area contributed by atoms with Gasteiger partial charge in [0.15, 0.2) is 0 Å². The number of amides is 2. The van der Waals surface area contributed by atoms with Crippen LogP contribution in [0.3, 0.4) is 0 Å². The maximum Gasteiger partial charge on any atom is 0.270 e. The Balaban J connectivity index is 1.60. The van der Waals surface area contributed by atoms with Crippen molar-refractivity contribution in [2.75, 3.05) is 0 Å². The number of alkyl halides is 2. The minimum Gasteiger partial charge on any atom is -0.267 e. The van der Waals surface area contributed by atoms with E-state index in [2.05, 4.69) is 15.8 Å². The first-order valence-electron chi connectivity index (χ1n) is 8.44. The van der Waals surface area contributed by atoms with Crippen LogP contribution in [0.1, 0.15) is 33.2 Å². The average molecular weight is 381 g/mol. The molecule has 2 N–H and O–H groups in total. The third kappa shape index (κ3) is 4.56. The van der Waals surface area contributed by atoms with E-state index in [1.54, 1.807) is 36.7 Å². The second kappa shape index (κ2) is 7.96. The van der Waals surface area contributed by atoms with Crippen LogP contribution in [0.4, 0.5) is 8.78 Å². The van der Waals surface area contributed by atoms with E-state index in [1.807, 2.05) is 12.1 Å². The molecular formula is C21H17F2N3O2. The number of nitrogens with zero attached hydrogens (tertiary/aromatic N) is 1. The van der Waals surface area contributed by atoms with Gasteiger partial charge >= 0.3 is 0 Å². The molecule has 7 heteroatoms. The van der Waals surface area contributed by atoms with E-state index in [0.29, 0.717) is 5.56 Å². The molecule has 3 aromatic rings. The van der Waals surface area contributed by atoms with Crippen molar-refractivity contribution < 1.29 is 18.4 Å². The molecule has 0 unspecified atom stereocenters. The van der Waals surface area contributed by atoms with Gasteiger partial charge in [-0.15, -0.1) is 0 Å². The Hall–Kier alpha value is -3.61. The maximum absolute atomic E-state index is 13.2. The van der Waals surface area contributed by atoms with Crippen LogP contribution in [0.25, 0.3) is 11.1 Å². The minimum atomic E-state index is -2.98. The molecule has 0 aliphatic carbocycles. The standard InChI is InChI=1S/C21H17F2N3O2/c1-21(22,23)18-8-6-17(7-9-18)20(28)26-25-19(27)16-4-2-14(3-5-16)15-10-12-24-13-11-15/h2-13H,1H3,(H,25,27)(H,26,28). The van der Waals surface area contributed by atoms with Crippen LogP contribution in [0.15, 0.2) is 73.1 Å². The van der Waals surface area contributed by atoms with Gasteiger partial charge in [0, 0.05) is 36.0 Å². The van der Waals surface area contributed by atoms with Gasteiger partial charge in [0.2, 0.25) is 0 Å². The number of hydrogen-bond donors (Lipinski definition) is 2. The Morgan fingerprint density at radius 1 is 0.750 bits per heavy atom. The first kappa shape index (κ1) is 19.2. The van der Waals surface area contributed by atoms with E-state index in [4.69, 9.17) is 0 Å². The van der Waals surface area contributed by atoms with Crippen molar-refractivity contribution >= 4 is 11.8 Å². The molecule has 2 amide bonds. The zero-order valence-electron chi connectivity index (χ0n) is 14.9. The minimum absolute atomic E-state index is 0.154. The molecule has 0 bridgehead atoms. The van der Waals surface area contributed by atoms with E-state index in [9.17, 15) is 18.4 Å². The Labute approximate surface area is 160 Å². The van der Waals surface area contributed by atoms with Gasteiger partial charge in [-0.2, -0.15) is 0 Å². The van der Waals surface area contributed by atoms with Crippen molar-refractivity contribution in [3.8, 4) is 11.1 Å². The number of carbonyl (C=O) groups is 2. The lowest BCUT2D eigenvalue weighted by Crippen LogP contribution is -2.41. The fraction of sp³-hybridized carbons (Fsp3) is 0.0952. The van der Waals surface area contributed by atoms with Crippen molar-refractivity contribution in [1.29, 1.82) is 0 Å². The molecule has 5 nitrogen and oxygen atoms in total. The summed E-state index contributed by atoms with van der Waals surface area (Å²) in [6, 6.07) is 15.5. The highest BCUT2D eigenvalue weighted by Crippen LogP contribution is 2.26. The van der Waals surface area contributed by atoms with Crippen molar-refractivity contribution in [1.82, 2.24) is 15.8 Å². The van der Waals surface area contributed by atoms with Gasteiger partial charge in [-0.3, -0.25) is 25.4 Å². The molecule has 0 fully saturated rings. The number of carbonyl (C=O) groups excluding carboxylic acids is 2. The summed E-state index contributed by atoms with van der Waals surface area (Å²) in [6.07, 6.45) is 3.36. The molecule has 0 saturated heterocycles. The lowest BCUT2D eigenvalue weighted by Gasteiger charge is -2.11. The molecule has 0 atom stereocenters. The Bertz CT molecular complexity index is 967. The normalized spacial score (nSPS) is 11.0. The predicted molar refractivity (Wildman–Crippen MR) is 101 cm³/mol. The zero-order chi connectivity index (χ0) is 20.1. The highest BCUT2D eigenvalue weighted by Gasteiger charge is 2.24. The number of halogens is 2. The zero-order valence-corrected chi connectivity index (χ0v) is 14.9. The molecule has 0 aliphatic heterocycles. The van der Waals surface area contributed by atoms with Crippen LogP contribution >= 0.6 is 0 Å². The van der Waals surface area contributed by atoms with E-state index < -0.39 is 17.7 Å². The van der Waals surface area contributed by atoms with Gasteiger partial charge in [0.25, 0.3) is 17.7 Å². The van der Waals surface area contributed by atoms with E-state index in [1.165, 1.54) is 24.3 Å². The van der Waals surface area contributed by atoms with Gasteiger partial charge in [-0.1, -0.05) is 24.3 Å². The van der Waals surface area contributed by atoms with Crippen molar-refractivity contribution in [2.24, 2.45) is 0 Å². The number of nitrogens with one attached hydrogen (secondary N) is 2. The third-order valence-electron chi connectivity index (χ3n) is 4.10. The summed E-state index contributed by atoms with van der Waals surface area (Å²) in [5, 5.41) is 0. The van der Waals surface area contributed by atoms with Crippen molar-refractivity contribution in [3.05, 3.63) is 89.7 Å². The quantitative estimate of drug-likeness (QED) is 0.673. The van der Waals surface area contributed by atoms with Gasteiger partial charge in [-0.25, -0.2) is 8.78 Å². The van der Waals surface area contributed by atoms with Crippen LogP contribution in [0, 0.1) is 0 Å². The molecule has 0 saturated carbocycles. The summed E-state index contributed by atoms with van der Waals surface area (Å²) >= 11 is 0. The Kier molecular flexibility index (Phi) is 5.44. The molecular weight excluding hydrogens is 364 g/mol. The number of benzene rings is 2. The molecule has 1 heterocycles. The summed E-state index contributed by atoms with van der Waals surface area (Å²) in [5.41, 5.74) is 6.79. The lowest BCUT2D eigenvalue weighted by molar-refractivity contribution is 0.0174. The summed E-state index contributed by atoms with van der Waals surface area (Å²) in [7, 11) is 0. The second-order valence-corrected chi connectivity index (χ2v) is 6.19. The summed E-state index contributed by atoms with van der Waals surface area (Å²) in [5.74, 6) is -4.08. The van der Waals surface area contributed by atoms with Crippen molar-refractivity contribution in [3.63, 3.8) is 0 Å². The summed E-state index contributed by atoms with van der Waals surface area (Å²) in [6.45, 7) is 0.780. The highest BCUT2D eigenvalue weighted by atomic mass is 19.3. The molecule has 142 valence electrons. The maximum atomic E-state index is 13.2. The van der Waals surface area contributed by atoms with Crippen LogP contribution in [-0.4, -0.2) is 16.8 Å². The van der Waals surface area contributed by atoms with E-state index in [0.717, 1.165) is 18.1 Å². The SMILES string of the molecule is CC(F)(F)c1ccc(C(=O)NNC(=O)c2ccc(-c3ccncc3)cc2)cc1. The number of rotatable bonds is 4. The third-order valence-corrected chi connectivity index (χ3v) is 4.10. The summed E-state index contributed by atoms with van der Waals surface area (Å²) < 4.78 is 26.4. The summed E-state index contributed by atoms with van der Waals surface area (Å²) in [4.78, 5) is 28.2. The van der Waals surface area contributed by atoms with Gasteiger partial charge in [0.1, 0.15) is 0 Å². The fourth-order valence-electron chi connectivity index (χ4n) is 2.53. The lowest BCUT2D eigenvalue weighted by atomic mass is 10.1. The Morgan fingerprint density at radius 2 is 1.18 bits per heavy atom. The largest absolute Gasteiger partial charge is 0.270 e. The molecule has 2 aromatic carbocycles. The molecule has 0 spiro atoms. The van der Waals surface area contributed by atoms with Gasteiger partial charge in [-0.05, 0) is 47.5 Å². The van der Waals surface area contributed by atoms with Gasteiger partial charge in [0.05, 0.1) is 0 Å². The Morgan fingerprint density at radius 3 is 1.64 bits per heavy atom. The first-order chi connectivity index (χ1) is 13.3. The monoisotopic (exact) mass is 381 g/mol. The first-order valence-corrected chi connectivity index (χ1v) is 8.44. The number of hydrogen-bond acceptors (Lipinski definition) is 3. The molecule has 0 radical (unpaired) electrons. The van der Waals surface area contributed by atoms with E-state index >= 15 is 0 Å². The molecule has 1 aromatic heterocycles. The number of aromatic nitrogens is 1. The van der Waals surface area contributed by atoms with Crippen LogP contribution in [-0.2, 0) is 5.92 Å². The van der Waals surface area contributed by atoms with Crippen LogP contribution < -0.4 is 10.9 Å². The second-order valence-electron chi connectivity index (χ2n) is 6.19. The highest BCUT2D eigenvalue weighted by molar-refractivity contribution is 5.99. The van der Waals surface area contributed by atoms with Crippen molar-refractivity contribution in [2.45, 2.75) is 12.8 Å². The van der Waals surface area contributed by atoms with Crippen LogP contribution in [0.2, 0.25) is 0 Å². The molecule has 28 heavy (non-hydrogen) atoms. The topological polar surface area (TPSA) is 71.1 Å². The average Bonchev–Trinajstić information content (AvgIpc) is 2.72. The predicted octanol–water partition coefficient (Wildman–Crippen LogP) is 3.94. The van der Waals surface area contributed by atoms with E-state index in [-0.39, 0.29) is 11.1 Å². The fourth-order valence-corrected chi connectivity index (χ4v) is 2.53. The smallest absolute Gasteiger partial charge is 0.267 e. The number of pyridine rings is 1. The molecule has 0 aliphatic rings. The number of hydrazine groups is 1.